The fourth-order valence-corrected chi connectivity index (χ4v) is 1.98. The zero-order valence-electron chi connectivity index (χ0n) is 11.4. The summed E-state index contributed by atoms with van der Waals surface area (Å²) in [6.07, 6.45) is 1.50. The largest absolute Gasteiger partial charge is 0.361 e. The summed E-state index contributed by atoms with van der Waals surface area (Å²) >= 11 is 0. The Kier molecular flexibility index (Phi) is 3.19. The number of carbonyl (C=O) groups is 1. The number of rotatable bonds is 3. The average Bonchev–Trinajstić information content (AvgIpc) is 3.10. The smallest absolute Gasteiger partial charge is 0.261 e. The molecule has 0 bridgehead atoms. The fourth-order valence-electron chi connectivity index (χ4n) is 1.98. The summed E-state index contributed by atoms with van der Waals surface area (Å²) in [5, 5.41) is 17.5. The van der Waals surface area contributed by atoms with Gasteiger partial charge in [-0.25, -0.2) is 4.68 Å². The molecule has 21 heavy (non-hydrogen) atoms. The Morgan fingerprint density at radius 1 is 1.24 bits per heavy atom. The summed E-state index contributed by atoms with van der Waals surface area (Å²) in [6, 6.07) is 7.15. The van der Waals surface area contributed by atoms with E-state index in [1.165, 1.54) is 11.0 Å². The third kappa shape index (κ3) is 2.50. The van der Waals surface area contributed by atoms with E-state index in [1.54, 1.807) is 38.1 Å². The number of aromatic nitrogens is 5. The second-order valence-corrected chi connectivity index (χ2v) is 4.45. The molecule has 0 saturated heterocycles. The number of benzene rings is 1. The molecule has 0 aliphatic rings. The van der Waals surface area contributed by atoms with Gasteiger partial charge in [0.1, 0.15) is 17.7 Å². The molecule has 1 amide bonds. The standard InChI is InChI=1S/C13H12N6O2/c1-8-12(9(2)21-16-8)13(20)15-10-3-5-11(6-4-10)19-7-14-17-18-19/h3-7H,1-2H3,(H,15,20). The van der Waals surface area contributed by atoms with Crippen molar-refractivity contribution in [2.24, 2.45) is 0 Å². The first-order chi connectivity index (χ1) is 10.1. The minimum atomic E-state index is -0.249. The zero-order chi connectivity index (χ0) is 14.8. The molecule has 1 N–H and O–H groups in total. The third-order valence-electron chi connectivity index (χ3n) is 3.00. The summed E-state index contributed by atoms with van der Waals surface area (Å²) < 4.78 is 6.51. The molecule has 106 valence electrons. The molecule has 2 heterocycles. The first-order valence-corrected chi connectivity index (χ1v) is 6.23. The molecule has 0 saturated carbocycles. The van der Waals surface area contributed by atoms with Crippen molar-refractivity contribution in [2.75, 3.05) is 5.32 Å². The molecule has 3 rings (SSSR count). The van der Waals surface area contributed by atoms with Crippen LogP contribution in [0.25, 0.3) is 5.69 Å². The van der Waals surface area contributed by atoms with Crippen molar-refractivity contribution in [3.8, 4) is 5.69 Å². The van der Waals surface area contributed by atoms with E-state index in [-0.39, 0.29) is 5.91 Å². The van der Waals surface area contributed by atoms with Crippen LogP contribution in [-0.4, -0.2) is 31.3 Å². The van der Waals surface area contributed by atoms with Crippen molar-refractivity contribution >= 4 is 11.6 Å². The molecule has 8 heteroatoms. The van der Waals surface area contributed by atoms with E-state index < -0.39 is 0 Å². The van der Waals surface area contributed by atoms with Crippen molar-refractivity contribution < 1.29 is 9.32 Å². The van der Waals surface area contributed by atoms with E-state index in [0.717, 1.165) is 5.69 Å². The zero-order valence-corrected chi connectivity index (χ0v) is 11.4. The van der Waals surface area contributed by atoms with Crippen molar-refractivity contribution in [3.63, 3.8) is 0 Å². The van der Waals surface area contributed by atoms with E-state index in [4.69, 9.17) is 4.52 Å². The Labute approximate surface area is 119 Å². The normalized spacial score (nSPS) is 10.6. The van der Waals surface area contributed by atoms with Crippen molar-refractivity contribution in [2.45, 2.75) is 13.8 Å². The Morgan fingerprint density at radius 2 is 2.00 bits per heavy atom. The van der Waals surface area contributed by atoms with Crippen LogP contribution in [0.1, 0.15) is 21.8 Å². The quantitative estimate of drug-likeness (QED) is 0.782. The molecular formula is C13H12N6O2. The summed E-state index contributed by atoms with van der Waals surface area (Å²) in [7, 11) is 0. The number of hydrogen-bond donors (Lipinski definition) is 1. The van der Waals surface area contributed by atoms with Gasteiger partial charge in [-0.05, 0) is 48.5 Å². The van der Waals surface area contributed by atoms with Crippen molar-refractivity contribution in [3.05, 3.63) is 47.6 Å². The molecule has 8 nitrogen and oxygen atoms in total. The van der Waals surface area contributed by atoms with Gasteiger partial charge in [-0.1, -0.05) is 5.16 Å². The fraction of sp³-hybridized carbons (Fsp3) is 0.154. The molecule has 0 fully saturated rings. The predicted molar refractivity (Wildman–Crippen MR) is 73.1 cm³/mol. The molecule has 2 aromatic heterocycles. The van der Waals surface area contributed by atoms with Crippen LogP contribution in [0, 0.1) is 13.8 Å². The maximum atomic E-state index is 12.2. The second-order valence-electron chi connectivity index (χ2n) is 4.45. The highest BCUT2D eigenvalue weighted by Gasteiger charge is 2.17. The summed E-state index contributed by atoms with van der Waals surface area (Å²) in [5.41, 5.74) is 2.49. The number of aryl methyl sites for hydroxylation is 2. The highest BCUT2D eigenvalue weighted by Crippen LogP contribution is 2.16. The monoisotopic (exact) mass is 284 g/mol. The number of anilines is 1. The number of nitrogens with zero attached hydrogens (tertiary/aromatic N) is 5. The predicted octanol–water partition coefficient (Wildman–Crippen LogP) is 1.52. The van der Waals surface area contributed by atoms with Crippen LogP contribution < -0.4 is 5.32 Å². The van der Waals surface area contributed by atoms with Gasteiger partial charge in [-0.15, -0.1) is 5.10 Å². The lowest BCUT2D eigenvalue weighted by molar-refractivity contribution is 0.102. The summed E-state index contributed by atoms with van der Waals surface area (Å²) in [4.78, 5) is 12.2. The van der Waals surface area contributed by atoms with Crippen LogP contribution in [-0.2, 0) is 0 Å². The van der Waals surface area contributed by atoms with Gasteiger partial charge in [-0.2, -0.15) is 0 Å². The van der Waals surface area contributed by atoms with Gasteiger partial charge < -0.3 is 9.84 Å². The van der Waals surface area contributed by atoms with Crippen LogP contribution in [0.4, 0.5) is 5.69 Å². The van der Waals surface area contributed by atoms with E-state index in [1.807, 2.05) is 0 Å². The minimum absolute atomic E-state index is 0.249. The molecule has 0 aliphatic carbocycles. The molecule has 0 unspecified atom stereocenters. The maximum absolute atomic E-state index is 12.2. The van der Waals surface area contributed by atoms with Crippen molar-refractivity contribution in [1.29, 1.82) is 0 Å². The lowest BCUT2D eigenvalue weighted by atomic mass is 10.2. The number of tetrazole rings is 1. The first kappa shape index (κ1) is 13.0. The van der Waals surface area contributed by atoms with Gasteiger partial charge in [0.05, 0.1) is 11.4 Å². The van der Waals surface area contributed by atoms with Gasteiger partial charge in [0.25, 0.3) is 5.91 Å². The Hall–Kier alpha value is -3.03. The van der Waals surface area contributed by atoms with Gasteiger partial charge >= 0.3 is 0 Å². The SMILES string of the molecule is Cc1noc(C)c1C(=O)Nc1ccc(-n2cnnn2)cc1. The summed E-state index contributed by atoms with van der Waals surface area (Å²) in [5.74, 6) is 0.247. The van der Waals surface area contributed by atoms with Crippen LogP contribution in [0.3, 0.4) is 0 Å². The lowest BCUT2D eigenvalue weighted by Crippen LogP contribution is -2.13. The van der Waals surface area contributed by atoms with Crippen LogP contribution in [0.2, 0.25) is 0 Å². The van der Waals surface area contributed by atoms with Crippen LogP contribution >= 0.6 is 0 Å². The number of carbonyl (C=O) groups excluding carboxylic acids is 1. The molecule has 3 aromatic rings. The Bertz CT molecular complexity index is 741. The van der Waals surface area contributed by atoms with E-state index in [0.29, 0.717) is 22.7 Å². The molecular weight excluding hydrogens is 272 g/mol. The molecule has 1 aromatic carbocycles. The highest BCUT2D eigenvalue weighted by atomic mass is 16.5. The average molecular weight is 284 g/mol. The highest BCUT2D eigenvalue weighted by molar-refractivity contribution is 6.05. The van der Waals surface area contributed by atoms with Gasteiger partial charge in [0.2, 0.25) is 0 Å². The molecule has 0 spiro atoms. The maximum Gasteiger partial charge on any atom is 0.261 e. The van der Waals surface area contributed by atoms with Crippen molar-refractivity contribution in [1.82, 2.24) is 25.4 Å². The Morgan fingerprint density at radius 3 is 2.57 bits per heavy atom. The Balaban J connectivity index is 1.78. The topological polar surface area (TPSA) is 98.7 Å². The van der Waals surface area contributed by atoms with Gasteiger partial charge in [0.15, 0.2) is 0 Å². The van der Waals surface area contributed by atoms with E-state index >= 15 is 0 Å². The summed E-state index contributed by atoms with van der Waals surface area (Å²) in [6.45, 7) is 3.43. The van der Waals surface area contributed by atoms with Crippen LogP contribution in [0.15, 0.2) is 35.1 Å². The first-order valence-electron chi connectivity index (χ1n) is 6.23. The minimum Gasteiger partial charge on any atom is -0.361 e. The molecule has 0 atom stereocenters. The van der Waals surface area contributed by atoms with Gasteiger partial charge in [-0.3, -0.25) is 4.79 Å². The van der Waals surface area contributed by atoms with E-state index in [2.05, 4.69) is 26.0 Å². The number of hydrogen-bond acceptors (Lipinski definition) is 6. The molecule has 0 radical (unpaired) electrons. The third-order valence-corrected chi connectivity index (χ3v) is 3.00. The second kappa shape index (κ2) is 5.16. The van der Waals surface area contributed by atoms with Gasteiger partial charge in [0, 0.05) is 5.69 Å². The number of amides is 1. The molecule has 0 aliphatic heterocycles. The van der Waals surface area contributed by atoms with Crippen LogP contribution in [0.5, 0.6) is 0 Å². The lowest BCUT2D eigenvalue weighted by Gasteiger charge is -2.06. The number of nitrogens with one attached hydrogen (secondary N) is 1. The van der Waals surface area contributed by atoms with E-state index in [9.17, 15) is 4.79 Å².